The molecule has 1 aromatic rings. The van der Waals surface area contributed by atoms with Gasteiger partial charge in [-0.15, -0.1) is 0 Å². The average Bonchev–Trinajstić information content (AvgIpc) is 2.38. The first-order valence-electron chi connectivity index (χ1n) is 6.13. The predicted molar refractivity (Wildman–Crippen MR) is 85.1 cm³/mol. The summed E-state index contributed by atoms with van der Waals surface area (Å²) in [4.78, 5) is 12.4. The summed E-state index contributed by atoms with van der Waals surface area (Å²) in [7, 11) is 0. The maximum absolute atomic E-state index is 12.0. The zero-order valence-corrected chi connectivity index (χ0v) is 13.5. The number of benzene rings is 1. The van der Waals surface area contributed by atoms with E-state index in [4.69, 9.17) is 12.2 Å². The first-order chi connectivity index (χ1) is 9.45. The van der Waals surface area contributed by atoms with Crippen LogP contribution in [0.1, 0.15) is 25.3 Å². The van der Waals surface area contributed by atoms with E-state index in [2.05, 4.69) is 27.3 Å². The number of rotatable bonds is 2. The molecule has 2 atom stereocenters. The Morgan fingerprint density at radius 1 is 1.40 bits per heavy atom. The van der Waals surface area contributed by atoms with E-state index in [1.54, 1.807) is 0 Å². The van der Waals surface area contributed by atoms with Crippen molar-refractivity contribution in [3.63, 3.8) is 0 Å². The summed E-state index contributed by atoms with van der Waals surface area (Å²) >= 11 is 8.64. The van der Waals surface area contributed by atoms with Gasteiger partial charge in [-0.05, 0) is 31.5 Å². The number of carbonyl (C=O) groups is 1. The highest BCUT2D eigenvalue weighted by Crippen LogP contribution is 2.37. The molecule has 1 aliphatic rings. The molecule has 1 N–H and O–H groups in total. The Balaban J connectivity index is 2.61. The summed E-state index contributed by atoms with van der Waals surface area (Å²) in [5.41, 5.74) is 2.29. The number of halogens is 1. The third-order valence-corrected chi connectivity index (χ3v) is 4.27. The third kappa shape index (κ3) is 2.67. The van der Waals surface area contributed by atoms with Gasteiger partial charge in [-0.1, -0.05) is 40.3 Å². The topological polar surface area (TPSA) is 52.9 Å². The number of hydrogen-bond donors (Lipinski definition) is 1. The lowest BCUT2D eigenvalue weighted by molar-refractivity contribution is -0.114. The Kier molecular flexibility index (Phi) is 4.36. The van der Waals surface area contributed by atoms with Gasteiger partial charge in [0, 0.05) is 21.7 Å². The van der Waals surface area contributed by atoms with E-state index >= 15 is 0 Å². The van der Waals surface area contributed by atoms with Crippen molar-refractivity contribution in [1.82, 2.24) is 5.32 Å². The Hall–Kier alpha value is -1.51. The van der Waals surface area contributed by atoms with Gasteiger partial charge in [-0.2, -0.15) is 5.26 Å². The van der Waals surface area contributed by atoms with Crippen molar-refractivity contribution in [2.24, 2.45) is 5.92 Å². The van der Waals surface area contributed by atoms with E-state index in [1.807, 2.05) is 31.2 Å². The van der Waals surface area contributed by atoms with Crippen molar-refractivity contribution >= 4 is 38.9 Å². The molecule has 2 rings (SSSR count). The molecule has 0 aliphatic carbocycles. The van der Waals surface area contributed by atoms with Crippen LogP contribution in [0.15, 0.2) is 40.0 Å². The van der Waals surface area contributed by atoms with Gasteiger partial charge in [-0.3, -0.25) is 4.79 Å². The van der Waals surface area contributed by atoms with E-state index in [9.17, 15) is 10.1 Å². The van der Waals surface area contributed by atoms with E-state index in [1.165, 1.54) is 6.92 Å². The van der Waals surface area contributed by atoms with Gasteiger partial charge < -0.3 is 5.32 Å². The number of Topliss-reactive ketones (excluding diaryl/α,β-unsaturated/α-hetero) is 1. The number of nitrogens with one attached hydrogen (secondary N) is 1. The summed E-state index contributed by atoms with van der Waals surface area (Å²) in [5.74, 6) is -0.862. The maximum atomic E-state index is 12.0. The molecule has 3 nitrogen and oxygen atoms in total. The van der Waals surface area contributed by atoms with Crippen molar-refractivity contribution < 1.29 is 4.79 Å². The second-order valence-corrected chi connectivity index (χ2v) is 6.08. The predicted octanol–water partition coefficient (Wildman–Crippen LogP) is 3.47. The van der Waals surface area contributed by atoms with E-state index < -0.39 is 5.92 Å². The van der Waals surface area contributed by atoms with E-state index in [0.717, 1.165) is 15.7 Å². The minimum atomic E-state index is -0.520. The number of ketones is 1. The van der Waals surface area contributed by atoms with Crippen LogP contribution in [0.3, 0.4) is 0 Å². The highest BCUT2D eigenvalue weighted by Gasteiger charge is 2.37. The van der Waals surface area contributed by atoms with Crippen molar-refractivity contribution in [3.05, 3.63) is 45.6 Å². The van der Waals surface area contributed by atoms with Gasteiger partial charge >= 0.3 is 0 Å². The molecule has 0 amide bonds. The molecular formula is C15H13BrN2OS. The normalized spacial score (nSPS) is 22.2. The van der Waals surface area contributed by atoms with Crippen LogP contribution in [0.2, 0.25) is 0 Å². The van der Waals surface area contributed by atoms with Crippen LogP contribution in [0.25, 0.3) is 0 Å². The fourth-order valence-corrected chi connectivity index (χ4v) is 3.13. The first kappa shape index (κ1) is 14.9. The highest BCUT2D eigenvalue weighted by atomic mass is 79.9. The second kappa shape index (κ2) is 5.86. The standard InChI is InChI=1S/C15H13BrN2OS/c1-8-13(9(2)19)14(12(7-17)15(20)18-8)10-3-5-11(16)6-4-10/h3-6,12,14H,1-2H3,(H,18,20). The van der Waals surface area contributed by atoms with Crippen molar-refractivity contribution in [2.45, 2.75) is 19.8 Å². The molecule has 2 unspecified atom stereocenters. The number of carbonyl (C=O) groups excluding carboxylic acids is 1. The van der Waals surface area contributed by atoms with Crippen LogP contribution >= 0.6 is 28.1 Å². The monoisotopic (exact) mass is 348 g/mol. The molecule has 0 bridgehead atoms. The van der Waals surface area contributed by atoms with Gasteiger partial charge in [0.2, 0.25) is 0 Å². The Morgan fingerprint density at radius 3 is 2.50 bits per heavy atom. The smallest absolute Gasteiger partial charge is 0.158 e. The zero-order valence-electron chi connectivity index (χ0n) is 11.1. The number of allylic oxidation sites excluding steroid dienone is 2. The van der Waals surface area contributed by atoms with Crippen LogP contribution in [0.4, 0.5) is 0 Å². The fraction of sp³-hybridized carbons (Fsp3) is 0.267. The molecule has 0 saturated heterocycles. The molecule has 1 aliphatic heterocycles. The van der Waals surface area contributed by atoms with E-state index in [0.29, 0.717) is 10.6 Å². The molecule has 0 spiro atoms. The molecule has 0 aromatic heterocycles. The lowest BCUT2D eigenvalue weighted by Crippen LogP contribution is -2.39. The lowest BCUT2D eigenvalue weighted by atomic mass is 9.76. The largest absolute Gasteiger partial charge is 0.352 e. The van der Waals surface area contributed by atoms with E-state index in [-0.39, 0.29) is 11.7 Å². The third-order valence-electron chi connectivity index (χ3n) is 3.39. The van der Waals surface area contributed by atoms with Crippen LogP contribution in [-0.2, 0) is 4.79 Å². The zero-order chi connectivity index (χ0) is 14.9. The number of thiocarbonyl (C=S) groups is 1. The summed E-state index contributed by atoms with van der Waals surface area (Å²) in [6.07, 6.45) is 0. The molecular weight excluding hydrogens is 336 g/mol. The number of hydrogen-bond acceptors (Lipinski definition) is 3. The Morgan fingerprint density at radius 2 is 2.00 bits per heavy atom. The minimum absolute atomic E-state index is 0.0364. The number of nitriles is 1. The van der Waals surface area contributed by atoms with Gasteiger partial charge in [0.1, 0.15) is 5.92 Å². The second-order valence-electron chi connectivity index (χ2n) is 4.72. The SMILES string of the molecule is CC(=O)C1=C(C)NC(=S)C(C#N)C1c1ccc(Br)cc1. The molecule has 102 valence electrons. The van der Waals surface area contributed by atoms with Crippen LogP contribution < -0.4 is 5.32 Å². The summed E-state index contributed by atoms with van der Waals surface area (Å²) in [6, 6.07) is 9.87. The van der Waals surface area contributed by atoms with Crippen molar-refractivity contribution in [2.75, 3.05) is 0 Å². The molecule has 0 fully saturated rings. The fourth-order valence-electron chi connectivity index (χ4n) is 2.53. The van der Waals surface area contributed by atoms with Gasteiger partial charge in [-0.25, -0.2) is 0 Å². The quantitative estimate of drug-likeness (QED) is 0.831. The van der Waals surface area contributed by atoms with Crippen LogP contribution in [0, 0.1) is 17.2 Å². The first-order valence-corrected chi connectivity index (χ1v) is 7.33. The Labute approximate surface area is 131 Å². The van der Waals surface area contributed by atoms with Gasteiger partial charge in [0.15, 0.2) is 5.78 Å². The Bertz CT molecular complexity index is 643. The summed E-state index contributed by atoms with van der Waals surface area (Å²) < 4.78 is 0.955. The molecule has 20 heavy (non-hydrogen) atoms. The van der Waals surface area contributed by atoms with Crippen molar-refractivity contribution in [1.29, 1.82) is 5.26 Å². The minimum Gasteiger partial charge on any atom is -0.352 e. The maximum Gasteiger partial charge on any atom is 0.158 e. The van der Waals surface area contributed by atoms with Gasteiger partial charge in [0.25, 0.3) is 0 Å². The van der Waals surface area contributed by atoms with Crippen molar-refractivity contribution in [3.8, 4) is 6.07 Å². The molecule has 1 heterocycles. The lowest BCUT2D eigenvalue weighted by Gasteiger charge is -2.32. The van der Waals surface area contributed by atoms with Crippen LogP contribution in [-0.4, -0.2) is 10.8 Å². The average molecular weight is 349 g/mol. The summed E-state index contributed by atoms with van der Waals surface area (Å²) in [5, 5.41) is 12.4. The summed E-state index contributed by atoms with van der Waals surface area (Å²) in [6.45, 7) is 3.34. The van der Waals surface area contributed by atoms with Gasteiger partial charge in [0.05, 0.1) is 11.1 Å². The molecule has 0 radical (unpaired) electrons. The molecule has 5 heteroatoms. The van der Waals surface area contributed by atoms with Crippen LogP contribution in [0.5, 0.6) is 0 Å². The molecule has 1 aromatic carbocycles. The molecule has 0 saturated carbocycles. The highest BCUT2D eigenvalue weighted by molar-refractivity contribution is 9.10. The number of nitrogens with zero attached hydrogens (tertiary/aromatic N) is 1.